The van der Waals surface area contributed by atoms with E-state index in [0.29, 0.717) is 57.3 Å². The smallest absolute Gasteiger partial charge is 0.429 e. The van der Waals surface area contributed by atoms with Gasteiger partial charge in [0, 0.05) is 49.7 Å². The number of ketones is 1. The van der Waals surface area contributed by atoms with E-state index in [0.717, 1.165) is 6.42 Å². The average Bonchev–Trinajstić information content (AvgIpc) is 3.16. The zero-order chi connectivity index (χ0) is 41.1. The van der Waals surface area contributed by atoms with Crippen LogP contribution in [0.4, 0.5) is 21.0 Å². The fourth-order valence-corrected chi connectivity index (χ4v) is 5.02. The van der Waals surface area contributed by atoms with Crippen LogP contribution in [0.3, 0.4) is 0 Å². The van der Waals surface area contributed by atoms with E-state index in [1.165, 1.54) is 24.3 Å². The van der Waals surface area contributed by atoms with Crippen molar-refractivity contribution in [1.82, 2.24) is 10.6 Å². The van der Waals surface area contributed by atoms with Gasteiger partial charge in [-0.25, -0.2) is 9.59 Å². The van der Waals surface area contributed by atoms with Crippen LogP contribution in [0.25, 0.3) is 0 Å². The molecule has 0 aliphatic rings. The molecule has 2 rings (SSSR count). The van der Waals surface area contributed by atoms with Gasteiger partial charge in [-0.15, -0.1) is 0 Å². The molecule has 18 heteroatoms. The summed E-state index contributed by atoms with van der Waals surface area (Å²) in [7, 11) is 0. The van der Waals surface area contributed by atoms with E-state index < -0.39 is 35.0 Å². The predicted octanol–water partition coefficient (Wildman–Crippen LogP) is 4.28. The van der Waals surface area contributed by atoms with Gasteiger partial charge >= 0.3 is 12.2 Å². The zero-order valence-corrected chi connectivity index (χ0v) is 32.3. The summed E-state index contributed by atoms with van der Waals surface area (Å²) in [5, 5.41) is 18.8. The number of anilines is 1. The number of benzene rings is 2. The van der Waals surface area contributed by atoms with Crippen molar-refractivity contribution in [3.05, 3.63) is 64.2 Å². The number of nitro groups is 1. The highest BCUT2D eigenvalue weighted by Crippen LogP contribution is 2.21. The molecule has 0 heterocycles. The number of nitrogens with zero attached hydrogens (tertiary/aromatic N) is 1. The molecular weight excluding hydrogens is 734 g/mol. The lowest BCUT2D eigenvalue weighted by Crippen LogP contribution is -2.45. The number of carbonyl (C=O) groups excluding carboxylic acids is 5. The molecule has 2 atom stereocenters. The number of urea groups is 1. The summed E-state index contributed by atoms with van der Waals surface area (Å²) in [4.78, 5) is 73.2. The van der Waals surface area contributed by atoms with Crippen LogP contribution in [0.5, 0.6) is 5.75 Å². The fourth-order valence-electron chi connectivity index (χ4n) is 5.02. The minimum absolute atomic E-state index is 0.0298. The number of nitro benzene ring substituents is 1. The van der Waals surface area contributed by atoms with Crippen molar-refractivity contribution in [3.8, 4) is 5.75 Å². The van der Waals surface area contributed by atoms with E-state index in [-0.39, 0.29) is 74.7 Å². The molecule has 0 bridgehead atoms. The minimum Gasteiger partial charge on any atom is -0.429 e. The lowest BCUT2D eigenvalue weighted by Gasteiger charge is -2.24. The third-order valence-electron chi connectivity index (χ3n) is 7.94. The number of hydrogen-bond donors (Lipinski definition) is 4. The van der Waals surface area contributed by atoms with Crippen LogP contribution in [-0.4, -0.2) is 100 Å². The third kappa shape index (κ3) is 20.5. The summed E-state index contributed by atoms with van der Waals surface area (Å²) in [5.41, 5.74) is 6.00. The number of non-ortho nitro benzene ring substituents is 1. The van der Waals surface area contributed by atoms with Gasteiger partial charge in [-0.1, -0.05) is 32.9 Å². The first kappa shape index (κ1) is 47.0. The number of nitrogens with two attached hydrogens (primary N) is 1. The highest BCUT2D eigenvalue weighted by atomic mass is 16.7. The summed E-state index contributed by atoms with van der Waals surface area (Å²) >= 11 is 0. The monoisotopic (exact) mass is 789 g/mol. The maximum atomic E-state index is 13.5. The molecule has 0 aliphatic heterocycles. The predicted molar refractivity (Wildman–Crippen MR) is 204 cm³/mol. The number of rotatable bonds is 29. The molecule has 2 aromatic rings. The third-order valence-corrected chi connectivity index (χ3v) is 7.94. The van der Waals surface area contributed by atoms with E-state index in [2.05, 4.69) is 16.0 Å². The Bertz CT molecular complexity index is 1510. The van der Waals surface area contributed by atoms with Crippen molar-refractivity contribution in [3.63, 3.8) is 0 Å². The molecule has 0 radical (unpaired) electrons. The maximum Gasteiger partial charge on any atom is 0.514 e. The molecule has 56 heavy (non-hydrogen) atoms. The van der Waals surface area contributed by atoms with Gasteiger partial charge in [0.25, 0.3) is 5.69 Å². The lowest BCUT2D eigenvalue weighted by atomic mass is 9.89. The second-order valence-corrected chi connectivity index (χ2v) is 12.9. The van der Waals surface area contributed by atoms with E-state index in [4.69, 9.17) is 34.2 Å². The number of amides is 4. The van der Waals surface area contributed by atoms with E-state index in [9.17, 15) is 34.1 Å². The number of Topliss-reactive ketones (excluding diaryl/α,β-unsaturated/α-hetero) is 1. The van der Waals surface area contributed by atoms with Gasteiger partial charge in [-0.3, -0.25) is 24.5 Å². The molecule has 4 amide bonds. The second-order valence-electron chi connectivity index (χ2n) is 12.9. The standard InChI is InChI=1S/C38H55N5O13/c1-4-17-51-19-21-53-23-24-54-22-20-52-18-15-34(45)42-35(27(2)3)33(44)25-29(6-5-16-40-37(39)47)36(46)41-30-9-7-28(8-10-30)26-55-38(48)56-32-13-11-31(12-14-32)43(49)50/h7-14,27,29,35H,4-6,15-26H2,1-3H3,(H,41,46)(H,42,45)(H3,39,40,47)/t29-,35+/m1/s1. The first-order valence-electron chi connectivity index (χ1n) is 18.5. The molecule has 0 fully saturated rings. The Morgan fingerprint density at radius 3 is 1.96 bits per heavy atom. The summed E-state index contributed by atoms with van der Waals surface area (Å²) in [6.07, 6.45) is 0.418. The van der Waals surface area contributed by atoms with Gasteiger partial charge in [0.05, 0.1) is 57.2 Å². The van der Waals surface area contributed by atoms with Crippen LogP contribution in [-0.2, 0) is 44.7 Å². The van der Waals surface area contributed by atoms with Crippen LogP contribution in [0, 0.1) is 22.0 Å². The summed E-state index contributed by atoms with van der Waals surface area (Å²) in [6, 6.07) is 9.81. The molecule has 0 aliphatic carbocycles. The van der Waals surface area contributed by atoms with E-state index >= 15 is 0 Å². The van der Waals surface area contributed by atoms with Gasteiger partial charge in [0.15, 0.2) is 5.78 Å². The van der Waals surface area contributed by atoms with Gasteiger partial charge in [0.2, 0.25) is 11.8 Å². The van der Waals surface area contributed by atoms with Crippen LogP contribution < -0.4 is 26.4 Å². The number of primary amides is 1. The molecule has 0 saturated carbocycles. The Hall–Kier alpha value is -5.17. The first-order chi connectivity index (χ1) is 26.9. The van der Waals surface area contributed by atoms with Crippen molar-refractivity contribution >= 4 is 41.2 Å². The van der Waals surface area contributed by atoms with Gasteiger partial charge in [-0.2, -0.15) is 0 Å². The molecule has 18 nitrogen and oxygen atoms in total. The van der Waals surface area contributed by atoms with Gasteiger partial charge in [-0.05, 0) is 55.0 Å². The molecule has 0 saturated heterocycles. The van der Waals surface area contributed by atoms with Crippen LogP contribution >= 0.6 is 0 Å². The Labute approximate surface area is 326 Å². The summed E-state index contributed by atoms with van der Waals surface area (Å²) in [5.74, 6) is -2.11. The lowest BCUT2D eigenvalue weighted by molar-refractivity contribution is -0.384. The van der Waals surface area contributed by atoms with Gasteiger partial charge in [0.1, 0.15) is 12.4 Å². The van der Waals surface area contributed by atoms with Crippen LogP contribution in [0.2, 0.25) is 0 Å². The first-order valence-corrected chi connectivity index (χ1v) is 18.5. The Morgan fingerprint density at radius 2 is 1.41 bits per heavy atom. The molecular formula is C38H55N5O13. The number of nitrogens with one attached hydrogen (secondary N) is 3. The minimum atomic E-state index is -1.01. The van der Waals surface area contributed by atoms with Crippen molar-refractivity contribution in [2.45, 2.75) is 65.5 Å². The molecule has 0 spiro atoms. The van der Waals surface area contributed by atoms with Crippen LogP contribution in [0.1, 0.15) is 58.4 Å². The normalized spacial score (nSPS) is 12.0. The molecule has 0 aromatic heterocycles. The highest BCUT2D eigenvalue weighted by molar-refractivity contribution is 5.97. The van der Waals surface area contributed by atoms with Crippen molar-refractivity contribution in [2.75, 3.05) is 64.7 Å². The maximum absolute atomic E-state index is 13.5. The average molecular weight is 790 g/mol. The van der Waals surface area contributed by atoms with Crippen molar-refractivity contribution in [2.24, 2.45) is 17.6 Å². The van der Waals surface area contributed by atoms with E-state index in [1.807, 2.05) is 6.92 Å². The largest absolute Gasteiger partial charge is 0.514 e. The SMILES string of the molecule is CCCOCCOCCOCCOCCC(=O)N[C@H](C(=O)C[C@@H](CCCNC(N)=O)C(=O)Nc1ccc(COC(=O)Oc2ccc([N+](=O)[O-])cc2)cc1)C(C)C. The molecule has 310 valence electrons. The summed E-state index contributed by atoms with van der Waals surface area (Å²) in [6.45, 7) is 9.05. The Morgan fingerprint density at radius 1 is 0.821 bits per heavy atom. The number of carbonyl (C=O) groups is 5. The quantitative estimate of drug-likeness (QED) is 0.0296. The van der Waals surface area contributed by atoms with Crippen molar-refractivity contribution < 1.29 is 57.3 Å². The number of hydrogen-bond acceptors (Lipinski definition) is 13. The Kier molecular flexibility index (Phi) is 23.0. The summed E-state index contributed by atoms with van der Waals surface area (Å²) < 4.78 is 31.8. The molecule has 0 unspecified atom stereocenters. The number of ether oxygens (including phenoxy) is 6. The van der Waals surface area contributed by atoms with Crippen molar-refractivity contribution in [1.29, 1.82) is 0 Å². The van der Waals surface area contributed by atoms with Crippen LogP contribution in [0.15, 0.2) is 48.5 Å². The fraction of sp³-hybridized carbons (Fsp3) is 0.553. The Balaban J connectivity index is 1.84. The molecule has 2 aromatic carbocycles. The topological polar surface area (TPSA) is 246 Å². The van der Waals surface area contributed by atoms with Gasteiger partial charge < -0.3 is 50.1 Å². The zero-order valence-electron chi connectivity index (χ0n) is 32.3. The van der Waals surface area contributed by atoms with E-state index in [1.54, 1.807) is 38.1 Å². The molecule has 5 N–H and O–H groups in total. The second kappa shape index (κ2) is 27.4. The highest BCUT2D eigenvalue weighted by Gasteiger charge is 2.29.